The fourth-order valence-corrected chi connectivity index (χ4v) is 3.26. The molecule has 0 saturated heterocycles. The van der Waals surface area contributed by atoms with Crippen LogP contribution < -0.4 is 9.04 Å². The molecule has 0 spiro atoms. The second kappa shape index (κ2) is 8.70. The lowest BCUT2D eigenvalue weighted by atomic mass is 10.2. The lowest BCUT2D eigenvalue weighted by molar-refractivity contribution is -0.149. The van der Waals surface area contributed by atoms with E-state index in [9.17, 15) is 31.5 Å². The van der Waals surface area contributed by atoms with E-state index in [1.165, 1.54) is 24.3 Å². The molecule has 0 amide bonds. The highest BCUT2D eigenvalue weighted by atomic mass is 32.2. The van der Waals surface area contributed by atoms with Crippen LogP contribution in [0.5, 0.6) is 11.5 Å². The number of carbonyl (C=O) groups is 1. The molecule has 158 valence electrons. The van der Waals surface area contributed by atoms with Crippen LogP contribution in [0.3, 0.4) is 0 Å². The number of benzene rings is 2. The van der Waals surface area contributed by atoms with Crippen molar-refractivity contribution in [2.45, 2.75) is 13.0 Å². The van der Waals surface area contributed by atoms with Crippen LogP contribution >= 0.6 is 0 Å². The van der Waals surface area contributed by atoms with Crippen LogP contribution in [0.1, 0.15) is 5.56 Å². The number of anilines is 1. The van der Waals surface area contributed by atoms with Crippen molar-refractivity contribution in [2.75, 3.05) is 24.2 Å². The predicted octanol–water partition coefficient (Wildman–Crippen LogP) is 2.50. The van der Waals surface area contributed by atoms with E-state index < -0.39 is 57.4 Å². The van der Waals surface area contributed by atoms with Crippen molar-refractivity contribution < 1.29 is 41.0 Å². The zero-order chi connectivity index (χ0) is 21.9. The van der Waals surface area contributed by atoms with Crippen LogP contribution in [0.4, 0.5) is 18.9 Å². The molecule has 0 aliphatic carbocycles. The van der Waals surface area contributed by atoms with Gasteiger partial charge in [0.25, 0.3) is 0 Å². The van der Waals surface area contributed by atoms with Crippen molar-refractivity contribution in [2.24, 2.45) is 0 Å². The summed E-state index contributed by atoms with van der Waals surface area (Å²) in [6.45, 7) is 0.476. The predicted molar refractivity (Wildman–Crippen MR) is 97.8 cm³/mol. The number of aliphatic hydroxyl groups excluding tert-OH is 1. The molecule has 29 heavy (non-hydrogen) atoms. The quantitative estimate of drug-likeness (QED) is 0.533. The molecule has 1 N–H and O–H groups in total. The second-order valence-electron chi connectivity index (χ2n) is 6.04. The molecule has 0 aliphatic heterocycles. The van der Waals surface area contributed by atoms with Gasteiger partial charge in [-0.1, -0.05) is 0 Å². The van der Waals surface area contributed by atoms with E-state index in [1.807, 2.05) is 0 Å². The van der Waals surface area contributed by atoms with Crippen molar-refractivity contribution in [3.05, 3.63) is 53.3 Å². The number of nitrogens with zero attached hydrogens (tertiary/aromatic N) is 1. The van der Waals surface area contributed by atoms with Crippen molar-refractivity contribution in [3.8, 4) is 11.5 Å². The number of sulfonamides is 1. The van der Waals surface area contributed by atoms with Crippen LogP contribution in [0, 0.1) is 24.4 Å². The highest BCUT2D eigenvalue weighted by molar-refractivity contribution is 7.92. The number of methoxy groups -OCH3 is 1. The molecule has 0 radical (unpaired) electrons. The molecule has 2 aromatic carbocycles. The standard InChI is InChI=1S/C18H18F3NO6S/c1-10-13(19)8-15(17(21)16(10)20)28-12-6-4-11(5-7-12)22(29(3,25)26)9-14(23)18(24)27-2/h4-8,14,23H,9H2,1-3H3/t14-/m1/s1. The largest absolute Gasteiger partial charge is 0.467 e. The molecule has 0 fully saturated rings. The van der Waals surface area contributed by atoms with Gasteiger partial charge in [0.2, 0.25) is 15.8 Å². The van der Waals surface area contributed by atoms with Gasteiger partial charge in [-0.2, -0.15) is 4.39 Å². The smallest absolute Gasteiger partial charge is 0.336 e. The summed E-state index contributed by atoms with van der Waals surface area (Å²) < 4.78 is 75.4. The molecule has 0 aromatic heterocycles. The Hall–Kier alpha value is -2.79. The summed E-state index contributed by atoms with van der Waals surface area (Å²) in [6, 6.07) is 5.65. The van der Waals surface area contributed by atoms with Gasteiger partial charge in [0.05, 0.1) is 25.6 Å². The third kappa shape index (κ3) is 5.18. The average Bonchev–Trinajstić information content (AvgIpc) is 2.67. The number of rotatable bonds is 7. The van der Waals surface area contributed by atoms with Gasteiger partial charge >= 0.3 is 5.97 Å². The fourth-order valence-electron chi connectivity index (χ4n) is 2.35. The molecule has 2 rings (SSSR count). The van der Waals surface area contributed by atoms with Gasteiger partial charge in [-0.3, -0.25) is 4.31 Å². The van der Waals surface area contributed by atoms with Gasteiger partial charge < -0.3 is 14.6 Å². The molecule has 2 aromatic rings. The lowest BCUT2D eigenvalue weighted by Crippen LogP contribution is -2.40. The van der Waals surface area contributed by atoms with E-state index in [4.69, 9.17) is 4.74 Å². The number of hydrogen-bond donors (Lipinski definition) is 1. The van der Waals surface area contributed by atoms with E-state index in [2.05, 4.69) is 4.74 Å². The first-order valence-electron chi connectivity index (χ1n) is 8.11. The Labute approximate surface area is 165 Å². The van der Waals surface area contributed by atoms with Gasteiger partial charge in [-0.05, 0) is 31.2 Å². The van der Waals surface area contributed by atoms with E-state index in [0.717, 1.165) is 24.6 Å². The molecule has 1 atom stereocenters. The first-order valence-corrected chi connectivity index (χ1v) is 9.96. The molecule has 0 saturated carbocycles. The fraction of sp³-hybridized carbons (Fsp3) is 0.278. The van der Waals surface area contributed by atoms with Crippen molar-refractivity contribution in [3.63, 3.8) is 0 Å². The Morgan fingerprint density at radius 2 is 1.76 bits per heavy atom. The second-order valence-corrected chi connectivity index (χ2v) is 7.95. The summed E-state index contributed by atoms with van der Waals surface area (Å²) in [5, 5.41) is 9.75. The summed E-state index contributed by atoms with van der Waals surface area (Å²) in [5.74, 6) is -5.46. The van der Waals surface area contributed by atoms with Gasteiger partial charge in [0, 0.05) is 11.6 Å². The van der Waals surface area contributed by atoms with Crippen molar-refractivity contribution in [1.29, 1.82) is 0 Å². The molecule has 0 aliphatic rings. The molecule has 0 heterocycles. The van der Waals surface area contributed by atoms with Gasteiger partial charge in [0.1, 0.15) is 11.6 Å². The Bertz CT molecular complexity index is 1010. The normalized spacial score (nSPS) is 12.4. The molecular weight excluding hydrogens is 415 g/mol. The van der Waals surface area contributed by atoms with Crippen LogP contribution in [-0.4, -0.2) is 45.5 Å². The third-order valence-corrected chi connectivity index (χ3v) is 5.08. The highest BCUT2D eigenvalue weighted by Crippen LogP contribution is 2.30. The molecule has 0 unspecified atom stereocenters. The zero-order valence-electron chi connectivity index (χ0n) is 15.6. The Morgan fingerprint density at radius 3 is 2.28 bits per heavy atom. The first kappa shape index (κ1) is 22.5. The van der Waals surface area contributed by atoms with Gasteiger partial charge in [0.15, 0.2) is 17.7 Å². The number of esters is 1. The van der Waals surface area contributed by atoms with Crippen LogP contribution in [0.25, 0.3) is 0 Å². The monoisotopic (exact) mass is 433 g/mol. The lowest BCUT2D eigenvalue weighted by Gasteiger charge is -2.24. The summed E-state index contributed by atoms with van der Waals surface area (Å²) in [4.78, 5) is 11.4. The number of hydrogen-bond acceptors (Lipinski definition) is 6. The maximum atomic E-state index is 13.9. The summed E-state index contributed by atoms with van der Waals surface area (Å²) in [6.07, 6.45) is -0.854. The number of halogens is 3. The average molecular weight is 433 g/mol. The van der Waals surface area contributed by atoms with Gasteiger partial charge in [-0.25, -0.2) is 22.0 Å². The molecule has 7 nitrogen and oxygen atoms in total. The molecule has 0 bridgehead atoms. The van der Waals surface area contributed by atoms with Gasteiger partial charge in [-0.15, -0.1) is 0 Å². The van der Waals surface area contributed by atoms with E-state index in [-0.39, 0.29) is 11.4 Å². The van der Waals surface area contributed by atoms with E-state index in [1.54, 1.807) is 0 Å². The Morgan fingerprint density at radius 1 is 1.17 bits per heavy atom. The number of carbonyl (C=O) groups excluding carboxylic acids is 1. The maximum Gasteiger partial charge on any atom is 0.336 e. The SMILES string of the molecule is COC(=O)[C@H](O)CN(c1ccc(Oc2cc(F)c(C)c(F)c2F)cc1)S(C)(=O)=O. The third-order valence-electron chi connectivity index (χ3n) is 3.92. The topological polar surface area (TPSA) is 93.1 Å². The van der Waals surface area contributed by atoms with Crippen molar-refractivity contribution >= 4 is 21.7 Å². The molecular formula is C18H18F3NO6S. The summed E-state index contributed by atoms with van der Waals surface area (Å²) in [7, 11) is -2.84. The minimum absolute atomic E-state index is 0.0303. The number of aliphatic hydroxyl groups is 1. The van der Waals surface area contributed by atoms with Crippen LogP contribution in [0.15, 0.2) is 30.3 Å². The van der Waals surface area contributed by atoms with Crippen LogP contribution in [0.2, 0.25) is 0 Å². The summed E-state index contributed by atoms with van der Waals surface area (Å²) in [5.41, 5.74) is -0.428. The zero-order valence-corrected chi connectivity index (χ0v) is 16.5. The van der Waals surface area contributed by atoms with Crippen molar-refractivity contribution in [1.82, 2.24) is 0 Å². The molecule has 11 heteroatoms. The summed E-state index contributed by atoms with van der Waals surface area (Å²) >= 11 is 0. The first-order chi connectivity index (χ1) is 13.5. The Kier molecular flexibility index (Phi) is 6.75. The van der Waals surface area contributed by atoms with E-state index >= 15 is 0 Å². The number of ether oxygens (including phenoxy) is 2. The Balaban J connectivity index is 2.29. The minimum atomic E-state index is -3.88. The maximum absolute atomic E-state index is 13.9. The minimum Gasteiger partial charge on any atom is -0.467 e. The highest BCUT2D eigenvalue weighted by Gasteiger charge is 2.26. The van der Waals surface area contributed by atoms with Crippen LogP contribution in [-0.2, 0) is 19.6 Å². The van der Waals surface area contributed by atoms with E-state index in [0.29, 0.717) is 6.07 Å².